The lowest BCUT2D eigenvalue weighted by Gasteiger charge is -2.30. The second kappa shape index (κ2) is 7.18. The number of rotatable bonds is 5. The predicted octanol–water partition coefficient (Wildman–Crippen LogP) is 2.37. The zero-order valence-electron chi connectivity index (χ0n) is 13.0. The summed E-state index contributed by atoms with van der Waals surface area (Å²) >= 11 is 0. The van der Waals surface area contributed by atoms with Crippen LogP contribution in [0.2, 0.25) is 0 Å². The molecule has 2 rings (SSSR count). The average molecular weight is 280 g/mol. The van der Waals surface area contributed by atoms with E-state index in [1.165, 1.54) is 25.7 Å². The highest BCUT2D eigenvalue weighted by atomic mass is 16.3. The summed E-state index contributed by atoms with van der Waals surface area (Å²) in [7, 11) is 0. The highest BCUT2D eigenvalue weighted by Gasteiger charge is 2.24. The molecule has 5 heteroatoms. The van der Waals surface area contributed by atoms with Crippen molar-refractivity contribution in [3.8, 4) is 0 Å². The first kappa shape index (κ1) is 15.4. The molecule has 20 heavy (non-hydrogen) atoms. The quantitative estimate of drug-likeness (QED) is 0.899. The van der Waals surface area contributed by atoms with Crippen LogP contribution in [0.15, 0.2) is 6.33 Å². The normalized spacial score (nSPS) is 22.9. The van der Waals surface area contributed by atoms with Gasteiger partial charge in [0, 0.05) is 12.1 Å². The molecular formula is C15H28N4O. The van der Waals surface area contributed by atoms with E-state index < -0.39 is 0 Å². The number of aliphatic hydroxyl groups excluding tert-OH is 1. The fourth-order valence-corrected chi connectivity index (χ4v) is 3.11. The molecule has 2 heterocycles. The van der Waals surface area contributed by atoms with Crippen molar-refractivity contribution >= 4 is 0 Å². The number of nitrogens with zero attached hydrogens (tertiary/aromatic N) is 4. The molecule has 0 amide bonds. The van der Waals surface area contributed by atoms with Crippen LogP contribution in [0.4, 0.5) is 0 Å². The fourth-order valence-electron chi connectivity index (χ4n) is 3.11. The molecule has 1 aliphatic rings. The number of hydrogen-bond donors (Lipinski definition) is 1. The highest BCUT2D eigenvalue weighted by Crippen LogP contribution is 2.22. The molecule has 1 aliphatic heterocycles. The van der Waals surface area contributed by atoms with Crippen LogP contribution in [0.1, 0.15) is 64.7 Å². The van der Waals surface area contributed by atoms with E-state index in [4.69, 9.17) is 0 Å². The summed E-state index contributed by atoms with van der Waals surface area (Å²) in [5.74, 6) is 1.04. The Morgan fingerprint density at radius 2 is 2.10 bits per heavy atom. The first-order valence-electron chi connectivity index (χ1n) is 7.88. The van der Waals surface area contributed by atoms with Crippen LogP contribution in [0.3, 0.4) is 0 Å². The van der Waals surface area contributed by atoms with Crippen molar-refractivity contribution in [2.24, 2.45) is 0 Å². The third-order valence-corrected chi connectivity index (χ3v) is 4.09. The Morgan fingerprint density at radius 1 is 1.30 bits per heavy atom. The number of aliphatic hydroxyl groups is 1. The Morgan fingerprint density at radius 3 is 2.80 bits per heavy atom. The Labute approximate surface area is 122 Å². The Bertz CT molecular complexity index is 402. The van der Waals surface area contributed by atoms with E-state index in [2.05, 4.69) is 28.8 Å². The lowest BCUT2D eigenvalue weighted by atomic mass is 10.0. The van der Waals surface area contributed by atoms with Crippen LogP contribution >= 0.6 is 0 Å². The largest absolute Gasteiger partial charge is 0.393 e. The van der Waals surface area contributed by atoms with E-state index in [0.29, 0.717) is 12.1 Å². The molecule has 5 nitrogen and oxygen atoms in total. The predicted molar refractivity (Wildman–Crippen MR) is 79.4 cm³/mol. The molecule has 0 aliphatic carbocycles. The van der Waals surface area contributed by atoms with Gasteiger partial charge in [0.15, 0.2) is 0 Å². The van der Waals surface area contributed by atoms with Crippen LogP contribution in [0, 0.1) is 0 Å². The van der Waals surface area contributed by atoms with Gasteiger partial charge in [0.1, 0.15) is 12.2 Å². The second-order valence-corrected chi connectivity index (χ2v) is 6.27. The number of aromatic nitrogens is 3. The van der Waals surface area contributed by atoms with E-state index in [0.717, 1.165) is 25.3 Å². The zero-order chi connectivity index (χ0) is 14.5. The molecule has 1 aromatic heterocycles. The molecule has 1 aromatic rings. The van der Waals surface area contributed by atoms with Crippen molar-refractivity contribution in [3.63, 3.8) is 0 Å². The molecule has 0 radical (unpaired) electrons. The molecule has 0 bridgehead atoms. The summed E-state index contributed by atoms with van der Waals surface area (Å²) in [6, 6.07) is 0.810. The third-order valence-electron chi connectivity index (χ3n) is 4.09. The SMILES string of the molecule is CC(O)CC1CCCCCN1Cc1ncnn1C(C)C. The van der Waals surface area contributed by atoms with Gasteiger partial charge in [0.2, 0.25) is 0 Å². The molecule has 1 N–H and O–H groups in total. The molecule has 0 saturated carbocycles. The summed E-state index contributed by atoms with van der Waals surface area (Å²) in [4.78, 5) is 6.91. The summed E-state index contributed by atoms with van der Waals surface area (Å²) in [6.07, 6.45) is 7.26. The first-order valence-corrected chi connectivity index (χ1v) is 7.88. The van der Waals surface area contributed by atoms with Gasteiger partial charge in [-0.3, -0.25) is 4.90 Å². The maximum absolute atomic E-state index is 9.72. The first-order chi connectivity index (χ1) is 9.58. The van der Waals surface area contributed by atoms with Crippen molar-refractivity contribution in [2.75, 3.05) is 6.54 Å². The van der Waals surface area contributed by atoms with Crippen LogP contribution in [-0.4, -0.2) is 43.5 Å². The maximum Gasteiger partial charge on any atom is 0.141 e. The van der Waals surface area contributed by atoms with Gasteiger partial charge < -0.3 is 5.11 Å². The Kier molecular flexibility index (Phi) is 5.54. The van der Waals surface area contributed by atoms with Crippen molar-refractivity contribution in [1.29, 1.82) is 0 Å². The van der Waals surface area contributed by atoms with Gasteiger partial charge in [0.05, 0.1) is 12.6 Å². The summed E-state index contributed by atoms with van der Waals surface area (Å²) in [6.45, 7) is 8.10. The maximum atomic E-state index is 9.72. The van der Waals surface area contributed by atoms with E-state index >= 15 is 0 Å². The van der Waals surface area contributed by atoms with Crippen LogP contribution in [-0.2, 0) is 6.54 Å². The Hall–Kier alpha value is -0.940. The molecule has 114 valence electrons. The zero-order valence-corrected chi connectivity index (χ0v) is 13.0. The second-order valence-electron chi connectivity index (χ2n) is 6.27. The Balaban J connectivity index is 2.08. The monoisotopic (exact) mass is 280 g/mol. The minimum Gasteiger partial charge on any atom is -0.393 e. The molecule has 2 unspecified atom stereocenters. The van der Waals surface area contributed by atoms with Gasteiger partial charge in [-0.15, -0.1) is 0 Å². The number of likely N-dealkylation sites (tertiary alicyclic amines) is 1. The van der Waals surface area contributed by atoms with Gasteiger partial charge in [-0.05, 0) is 46.6 Å². The molecule has 1 saturated heterocycles. The molecule has 0 aromatic carbocycles. The van der Waals surface area contributed by atoms with Gasteiger partial charge in [0.25, 0.3) is 0 Å². The van der Waals surface area contributed by atoms with E-state index in [9.17, 15) is 5.11 Å². The summed E-state index contributed by atoms with van der Waals surface area (Å²) < 4.78 is 2.00. The topological polar surface area (TPSA) is 54.2 Å². The standard InChI is InChI=1S/C15H28N4O/c1-12(2)19-15(16-11-17-19)10-18-8-6-4-5-7-14(18)9-13(3)20/h11-14,20H,4-10H2,1-3H3. The summed E-state index contributed by atoms with van der Waals surface area (Å²) in [5.41, 5.74) is 0. The highest BCUT2D eigenvalue weighted by molar-refractivity contribution is 4.89. The lowest BCUT2D eigenvalue weighted by molar-refractivity contribution is 0.105. The van der Waals surface area contributed by atoms with Crippen LogP contribution < -0.4 is 0 Å². The molecule has 1 fully saturated rings. The molecular weight excluding hydrogens is 252 g/mol. The lowest BCUT2D eigenvalue weighted by Crippen LogP contribution is -2.37. The van der Waals surface area contributed by atoms with Crippen LogP contribution in [0.25, 0.3) is 0 Å². The van der Waals surface area contributed by atoms with Gasteiger partial charge in [-0.2, -0.15) is 5.10 Å². The average Bonchev–Trinajstić information content (AvgIpc) is 2.73. The van der Waals surface area contributed by atoms with Gasteiger partial charge in [-0.1, -0.05) is 12.8 Å². The van der Waals surface area contributed by atoms with Crippen molar-refractivity contribution < 1.29 is 5.11 Å². The van der Waals surface area contributed by atoms with Crippen LogP contribution in [0.5, 0.6) is 0 Å². The molecule has 0 spiro atoms. The minimum atomic E-state index is -0.233. The van der Waals surface area contributed by atoms with Crippen molar-refractivity contribution in [3.05, 3.63) is 12.2 Å². The van der Waals surface area contributed by atoms with E-state index in [-0.39, 0.29) is 6.10 Å². The van der Waals surface area contributed by atoms with Crippen molar-refractivity contribution in [1.82, 2.24) is 19.7 Å². The molecule has 2 atom stereocenters. The summed E-state index contributed by atoms with van der Waals surface area (Å²) in [5, 5.41) is 14.0. The smallest absolute Gasteiger partial charge is 0.141 e. The van der Waals surface area contributed by atoms with Gasteiger partial charge in [-0.25, -0.2) is 9.67 Å². The number of hydrogen-bond acceptors (Lipinski definition) is 4. The van der Waals surface area contributed by atoms with E-state index in [1.54, 1.807) is 6.33 Å². The minimum absolute atomic E-state index is 0.233. The van der Waals surface area contributed by atoms with Crippen molar-refractivity contribution in [2.45, 2.75) is 77.6 Å². The van der Waals surface area contributed by atoms with Gasteiger partial charge >= 0.3 is 0 Å². The fraction of sp³-hybridized carbons (Fsp3) is 0.867. The third kappa shape index (κ3) is 4.03. The van der Waals surface area contributed by atoms with E-state index in [1.807, 2.05) is 11.6 Å².